The molecule has 0 spiro atoms. The molecule has 0 bridgehead atoms. The van der Waals surface area contributed by atoms with E-state index in [1.54, 1.807) is 4.90 Å². The summed E-state index contributed by atoms with van der Waals surface area (Å²) < 4.78 is 41.4. The number of hydrogen-bond acceptors (Lipinski definition) is 7. The lowest BCUT2D eigenvalue weighted by atomic mass is 10.1. The van der Waals surface area contributed by atoms with Gasteiger partial charge in [0.25, 0.3) is 5.91 Å². The smallest absolute Gasteiger partial charge is 0.366 e. The largest absolute Gasteiger partial charge is 0.433 e. The van der Waals surface area contributed by atoms with Crippen LogP contribution in [0.1, 0.15) is 24.1 Å². The van der Waals surface area contributed by atoms with Crippen LogP contribution in [-0.2, 0) is 11.0 Å². The summed E-state index contributed by atoms with van der Waals surface area (Å²) in [6.45, 7) is 1.28. The molecule has 0 atom stereocenters. The highest BCUT2D eigenvalue weighted by Crippen LogP contribution is 2.33. The first-order chi connectivity index (χ1) is 14.8. The molecular formula is C19H17F3N8O. The van der Waals surface area contributed by atoms with Gasteiger partial charge in [-0.3, -0.25) is 4.79 Å². The average Bonchev–Trinajstić information content (AvgIpc) is 3.44. The molecule has 1 aliphatic heterocycles. The molecule has 3 aromatic rings. The van der Waals surface area contributed by atoms with E-state index >= 15 is 0 Å². The summed E-state index contributed by atoms with van der Waals surface area (Å²) >= 11 is 0. The fraction of sp³-hybridized carbons (Fsp3) is 0.263. The van der Waals surface area contributed by atoms with Crippen LogP contribution in [0.4, 0.5) is 19.0 Å². The monoisotopic (exact) mass is 430 g/mol. The minimum Gasteiger partial charge on any atom is -0.366 e. The Balaban J connectivity index is 1.73. The lowest BCUT2D eigenvalue weighted by Gasteiger charge is -2.18. The maximum atomic E-state index is 13.4. The van der Waals surface area contributed by atoms with E-state index in [2.05, 4.69) is 25.0 Å². The van der Waals surface area contributed by atoms with Crippen molar-refractivity contribution in [3.63, 3.8) is 0 Å². The van der Waals surface area contributed by atoms with Gasteiger partial charge < -0.3 is 10.6 Å². The van der Waals surface area contributed by atoms with Crippen LogP contribution in [0.5, 0.6) is 0 Å². The van der Waals surface area contributed by atoms with Gasteiger partial charge in [-0.1, -0.05) is 0 Å². The van der Waals surface area contributed by atoms with Gasteiger partial charge in [0.15, 0.2) is 5.82 Å². The van der Waals surface area contributed by atoms with E-state index in [4.69, 9.17) is 5.73 Å². The molecule has 3 aromatic heterocycles. The van der Waals surface area contributed by atoms with Gasteiger partial charge in [0.1, 0.15) is 24.2 Å². The normalized spacial score (nSPS) is 14.8. The summed E-state index contributed by atoms with van der Waals surface area (Å²) in [5, 5.41) is 4.19. The second kappa shape index (κ2) is 8.13. The molecule has 0 saturated carbocycles. The molecule has 12 heteroatoms. The summed E-state index contributed by atoms with van der Waals surface area (Å²) in [6, 6.07) is 2.44. The Hall–Kier alpha value is -3.83. The van der Waals surface area contributed by atoms with E-state index in [9.17, 15) is 18.0 Å². The molecule has 4 heterocycles. The summed E-state index contributed by atoms with van der Waals surface area (Å²) in [5.74, 6) is -0.461. The zero-order chi connectivity index (χ0) is 22.0. The third-order valence-electron chi connectivity index (χ3n) is 4.70. The van der Waals surface area contributed by atoms with E-state index in [0.29, 0.717) is 18.7 Å². The van der Waals surface area contributed by atoms with Gasteiger partial charge in [-0.2, -0.15) is 13.2 Å². The first kappa shape index (κ1) is 20.4. The van der Waals surface area contributed by atoms with Crippen molar-refractivity contribution in [3.05, 3.63) is 48.4 Å². The third-order valence-corrected chi connectivity index (χ3v) is 4.70. The van der Waals surface area contributed by atoms with Crippen LogP contribution in [0.2, 0.25) is 0 Å². The Morgan fingerprint density at radius 3 is 2.48 bits per heavy atom. The van der Waals surface area contributed by atoms with Crippen molar-refractivity contribution < 1.29 is 18.0 Å². The van der Waals surface area contributed by atoms with Gasteiger partial charge in [-0.15, -0.1) is 5.10 Å². The molecule has 1 fully saturated rings. The van der Waals surface area contributed by atoms with Crippen molar-refractivity contribution in [2.75, 3.05) is 18.0 Å². The molecule has 1 saturated heterocycles. The van der Waals surface area contributed by atoms with Gasteiger partial charge >= 0.3 is 6.18 Å². The molecule has 1 aliphatic rings. The fourth-order valence-corrected chi connectivity index (χ4v) is 3.22. The number of aromatic nitrogens is 6. The zero-order valence-electron chi connectivity index (χ0n) is 16.1. The summed E-state index contributed by atoms with van der Waals surface area (Å²) in [7, 11) is 0. The number of hydrogen-bond donors (Lipinski definition) is 1. The Bertz CT molecular complexity index is 1120. The van der Waals surface area contributed by atoms with Gasteiger partial charge in [-0.05, 0) is 25.0 Å². The number of carbonyl (C=O) groups excluding carboxylic acids is 1. The van der Waals surface area contributed by atoms with Crippen LogP contribution in [0.15, 0.2) is 37.2 Å². The van der Waals surface area contributed by atoms with Crippen LogP contribution in [0.25, 0.3) is 23.2 Å². The molecule has 160 valence electrons. The standard InChI is InChI=1S/C19H17F3N8O/c20-19(21,22)15-5-12(6-16(27-15)29-3-1-2-4-29)18-26-11-30(28-18)9-14(17(23)31)13-7-24-10-25-8-13/h5-11H,1-4H2,(H2,23,31)/b14-9+. The van der Waals surface area contributed by atoms with Crippen molar-refractivity contribution in [3.8, 4) is 11.4 Å². The van der Waals surface area contributed by atoms with E-state index in [1.807, 2.05) is 0 Å². The highest BCUT2D eigenvalue weighted by atomic mass is 19.4. The van der Waals surface area contributed by atoms with Gasteiger partial charge in [0.2, 0.25) is 0 Å². The fourth-order valence-electron chi connectivity index (χ4n) is 3.22. The van der Waals surface area contributed by atoms with Crippen molar-refractivity contribution >= 4 is 23.5 Å². The first-order valence-electron chi connectivity index (χ1n) is 9.34. The topological polar surface area (TPSA) is 116 Å². The SMILES string of the molecule is NC(=O)/C(=C/n1cnc(-c2cc(N3CCCC3)nc(C(F)(F)F)c2)n1)c1cncnc1. The number of nitrogens with zero attached hydrogens (tertiary/aromatic N) is 7. The lowest BCUT2D eigenvalue weighted by molar-refractivity contribution is -0.141. The minimum absolute atomic E-state index is 0.0535. The zero-order valence-corrected chi connectivity index (χ0v) is 16.1. The summed E-state index contributed by atoms with van der Waals surface area (Å²) in [6.07, 6.45) is 3.86. The first-order valence-corrected chi connectivity index (χ1v) is 9.34. The van der Waals surface area contributed by atoms with E-state index < -0.39 is 17.8 Å². The molecule has 31 heavy (non-hydrogen) atoms. The molecule has 1 amide bonds. The molecule has 2 N–H and O–H groups in total. The number of amides is 1. The lowest BCUT2D eigenvalue weighted by Crippen LogP contribution is -2.21. The third kappa shape index (κ3) is 4.52. The molecular weight excluding hydrogens is 413 g/mol. The number of nitrogens with two attached hydrogens (primary N) is 1. The highest BCUT2D eigenvalue weighted by molar-refractivity contribution is 6.22. The molecule has 0 radical (unpaired) electrons. The Morgan fingerprint density at radius 1 is 1.13 bits per heavy atom. The second-order valence-electron chi connectivity index (χ2n) is 6.87. The molecule has 0 aliphatic carbocycles. The van der Waals surface area contributed by atoms with E-state index in [0.717, 1.165) is 18.9 Å². The van der Waals surface area contributed by atoms with Crippen molar-refractivity contribution in [2.45, 2.75) is 19.0 Å². The Kier molecular flexibility index (Phi) is 5.36. The Labute approximate surface area is 174 Å². The van der Waals surface area contributed by atoms with Crippen LogP contribution < -0.4 is 10.6 Å². The van der Waals surface area contributed by atoms with Crippen LogP contribution in [0.3, 0.4) is 0 Å². The summed E-state index contributed by atoms with van der Waals surface area (Å²) in [5.41, 5.74) is 5.02. The molecule has 0 aromatic carbocycles. The maximum Gasteiger partial charge on any atom is 0.433 e. The Morgan fingerprint density at radius 2 is 1.84 bits per heavy atom. The number of rotatable bonds is 5. The van der Waals surface area contributed by atoms with Crippen molar-refractivity contribution in [1.82, 2.24) is 29.7 Å². The number of anilines is 1. The number of halogens is 3. The molecule has 0 unspecified atom stereocenters. The van der Waals surface area contributed by atoms with Gasteiger partial charge in [-0.25, -0.2) is 24.6 Å². The quantitative estimate of drug-likeness (QED) is 0.617. The number of carbonyl (C=O) groups is 1. The van der Waals surface area contributed by atoms with Gasteiger partial charge in [0.05, 0.1) is 5.57 Å². The number of pyridine rings is 1. The summed E-state index contributed by atoms with van der Waals surface area (Å²) in [4.78, 5) is 29.2. The predicted molar refractivity (Wildman–Crippen MR) is 105 cm³/mol. The van der Waals surface area contributed by atoms with Crippen LogP contribution in [0, 0.1) is 0 Å². The van der Waals surface area contributed by atoms with E-state index in [1.165, 1.54) is 42.0 Å². The highest BCUT2D eigenvalue weighted by Gasteiger charge is 2.34. The average molecular weight is 430 g/mol. The number of alkyl halides is 3. The van der Waals surface area contributed by atoms with Crippen LogP contribution >= 0.6 is 0 Å². The van der Waals surface area contributed by atoms with Crippen LogP contribution in [-0.4, -0.2) is 48.7 Å². The van der Waals surface area contributed by atoms with Crippen molar-refractivity contribution in [2.24, 2.45) is 5.73 Å². The molecule has 4 rings (SSSR count). The van der Waals surface area contributed by atoms with E-state index in [-0.39, 0.29) is 22.8 Å². The predicted octanol–water partition coefficient (Wildman–Crippen LogP) is 2.23. The second-order valence-corrected chi connectivity index (χ2v) is 6.87. The maximum absolute atomic E-state index is 13.4. The molecule has 9 nitrogen and oxygen atoms in total. The van der Waals surface area contributed by atoms with Gasteiger partial charge in [0, 0.05) is 42.8 Å². The van der Waals surface area contributed by atoms with Crippen molar-refractivity contribution in [1.29, 1.82) is 0 Å². The number of primary amides is 1. The minimum atomic E-state index is -4.61.